The molecular weight excluding hydrogens is 394 g/mol. The summed E-state index contributed by atoms with van der Waals surface area (Å²) in [6, 6.07) is 17.0. The number of ketones is 1. The fourth-order valence-electron chi connectivity index (χ4n) is 3.31. The van der Waals surface area contributed by atoms with E-state index < -0.39 is 17.7 Å². The van der Waals surface area contributed by atoms with Gasteiger partial charge in [-0.2, -0.15) is 0 Å². The predicted octanol–water partition coefficient (Wildman–Crippen LogP) is 5.34. The summed E-state index contributed by atoms with van der Waals surface area (Å²) < 4.78 is 0. The first-order valence-corrected chi connectivity index (χ1v) is 9.90. The molecule has 1 unspecified atom stereocenters. The van der Waals surface area contributed by atoms with Crippen LogP contribution in [0.1, 0.15) is 22.0 Å². The quantitative estimate of drug-likeness (QED) is 0.361. The van der Waals surface area contributed by atoms with Crippen molar-refractivity contribution < 1.29 is 14.7 Å². The van der Waals surface area contributed by atoms with E-state index in [1.165, 1.54) is 16.2 Å². The van der Waals surface area contributed by atoms with Gasteiger partial charge in [-0.15, -0.1) is 11.3 Å². The van der Waals surface area contributed by atoms with E-state index in [4.69, 9.17) is 11.6 Å². The van der Waals surface area contributed by atoms with Crippen molar-refractivity contribution in [2.24, 2.45) is 0 Å². The van der Waals surface area contributed by atoms with Crippen LogP contribution in [-0.2, 0) is 9.59 Å². The van der Waals surface area contributed by atoms with Crippen molar-refractivity contribution in [1.82, 2.24) is 0 Å². The monoisotopic (exact) mass is 409 g/mol. The van der Waals surface area contributed by atoms with Crippen LogP contribution in [0, 0.1) is 6.92 Å². The first-order chi connectivity index (χ1) is 13.5. The number of halogens is 1. The molecule has 2 aromatic carbocycles. The highest BCUT2D eigenvalue weighted by Gasteiger charge is 2.47. The lowest BCUT2D eigenvalue weighted by molar-refractivity contribution is -0.132. The molecule has 4 rings (SSSR count). The number of Topliss-reactive ketones (excluding diaryl/α,β-unsaturated/α-hetero) is 1. The Morgan fingerprint density at radius 3 is 2.46 bits per heavy atom. The molecule has 1 amide bonds. The molecule has 28 heavy (non-hydrogen) atoms. The highest BCUT2D eigenvalue weighted by Crippen LogP contribution is 2.43. The fraction of sp³-hybridized carbons (Fsp3) is 0.0909. The van der Waals surface area contributed by atoms with Crippen LogP contribution in [0.4, 0.5) is 5.69 Å². The number of nitrogens with zero attached hydrogens (tertiary/aromatic N) is 1. The van der Waals surface area contributed by atoms with Crippen LogP contribution in [0.25, 0.3) is 5.76 Å². The van der Waals surface area contributed by atoms with Crippen molar-refractivity contribution in [2.45, 2.75) is 13.0 Å². The number of aryl methyl sites for hydroxylation is 1. The minimum absolute atomic E-state index is 0.0651. The van der Waals surface area contributed by atoms with E-state index in [9.17, 15) is 14.7 Å². The van der Waals surface area contributed by atoms with Gasteiger partial charge in [0.25, 0.3) is 11.7 Å². The van der Waals surface area contributed by atoms with Crippen molar-refractivity contribution in [2.75, 3.05) is 4.90 Å². The molecule has 6 heteroatoms. The van der Waals surface area contributed by atoms with Crippen molar-refractivity contribution in [1.29, 1.82) is 0 Å². The number of anilines is 1. The maximum absolute atomic E-state index is 12.9. The van der Waals surface area contributed by atoms with Crippen LogP contribution in [0.3, 0.4) is 0 Å². The second-order valence-electron chi connectivity index (χ2n) is 6.53. The van der Waals surface area contributed by atoms with E-state index in [1.54, 1.807) is 36.4 Å². The number of aliphatic hydroxyl groups excluding tert-OH is 1. The van der Waals surface area contributed by atoms with E-state index in [0.717, 1.165) is 10.4 Å². The molecule has 1 aliphatic heterocycles. The summed E-state index contributed by atoms with van der Waals surface area (Å²) in [6.45, 7) is 1.95. The standard InChI is InChI=1S/C22H16ClNO3S/c1-13-7-9-16(10-8-13)24-19(17-6-3-11-28-17)18(21(26)22(24)27)20(25)14-4-2-5-15(23)12-14/h2-12,19,25H,1H3/b20-18-. The maximum atomic E-state index is 12.9. The van der Waals surface area contributed by atoms with Crippen LogP contribution in [-0.4, -0.2) is 16.8 Å². The van der Waals surface area contributed by atoms with Crippen LogP contribution >= 0.6 is 22.9 Å². The molecule has 2 heterocycles. The Kier molecular flexibility index (Phi) is 4.79. The molecule has 1 atom stereocenters. The summed E-state index contributed by atoms with van der Waals surface area (Å²) in [7, 11) is 0. The molecule has 4 nitrogen and oxygen atoms in total. The summed E-state index contributed by atoms with van der Waals surface area (Å²) in [5.74, 6) is -1.60. The van der Waals surface area contributed by atoms with Crippen molar-refractivity contribution >= 4 is 46.1 Å². The van der Waals surface area contributed by atoms with Crippen molar-refractivity contribution in [3.8, 4) is 0 Å². The van der Waals surface area contributed by atoms with Gasteiger partial charge in [0.2, 0.25) is 0 Å². The third kappa shape index (κ3) is 3.13. The van der Waals surface area contributed by atoms with Crippen LogP contribution < -0.4 is 4.90 Å². The highest BCUT2D eigenvalue weighted by atomic mass is 35.5. The molecule has 0 bridgehead atoms. The average molecular weight is 410 g/mol. The topological polar surface area (TPSA) is 57.6 Å². The number of benzene rings is 2. The SMILES string of the molecule is Cc1ccc(N2C(=O)C(=O)/C(=C(\O)c3cccc(Cl)c3)C2c2cccs2)cc1. The number of carbonyl (C=O) groups excluding carboxylic acids is 2. The number of hydrogen-bond donors (Lipinski definition) is 1. The first-order valence-electron chi connectivity index (χ1n) is 8.64. The van der Waals surface area contributed by atoms with Gasteiger partial charge >= 0.3 is 0 Å². The number of carbonyl (C=O) groups is 2. The molecule has 0 radical (unpaired) electrons. The summed E-state index contributed by atoms with van der Waals surface area (Å²) >= 11 is 7.47. The van der Waals surface area contributed by atoms with E-state index in [2.05, 4.69) is 0 Å². The zero-order chi connectivity index (χ0) is 19.8. The Morgan fingerprint density at radius 1 is 1.07 bits per heavy atom. The van der Waals surface area contributed by atoms with Crippen molar-refractivity contribution in [3.63, 3.8) is 0 Å². The molecule has 140 valence electrons. The van der Waals surface area contributed by atoms with Gasteiger partial charge in [0.15, 0.2) is 0 Å². The first kappa shape index (κ1) is 18.5. The van der Waals surface area contributed by atoms with Gasteiger partial charge in [-0.3, -0.25) is 14.5 Å². The van der Waals surface area contributed by atoms with Crippen molar-refractivity contribution in [3.05, 3.63) is 92.6 Å². The number of thiophene rings is 1. The Bertz CT molecular complexity index is 1090. The lowest BCUT2D eigenvalue weighted by Crippen LogP contribution is -2.29. The number of rotatable bonds is 3. The van der Waals surface area contributed by atoms with Gasteiger partial charge in [-0.25, -0.2) is 0 Å². The zero-order valence-corrected chi connectivity index (χ0v) is 16.5. The fourth-order valence-corrected chi connectivity index (χ4v) is 4.33. The second-order valence-corrected chi connectivity index (χ2v) is 7.95. The summed E-state index contributed by atoms with van der Waals surface area (Å²) in [5, 5.41) is 13.3. The molecular formula is C22H16ClNO3S. The van der Waals surface area contributed by atoms with E-state index in [0.29, 0.717) is 16.3 Å². The van der Waals surface area contributed by atoms with Crippen LogP contribution in [0.2, 0.25) is 5.02 Å². The van der Waals surface area contributed by atoms with Gasteiger partial charge in [0.1, 0.15) is 11.8 Å². The molecule has 1 fully saturated rings. The lowest BCUT2D eigenvalue weighted by atomic mass is 9.99. The highest BCUT2D eigenvalue weighted by molar-refractivity contribution is 7.10. The predicted molar refractivity (Wildman–Crippen MR) is 112 cm³/mol. The molecule has 0 saturated carbocycles. The van der Waals surface area contributed by atoms with Crippen LogP contribution in [0.15, 0.2) is 71.6 Å². The number of aliphatic hydroxyl groups is 1. The van der Waals surface area contributed by atoms with E-state index in [1.807, 2.05) is 36.6 Å². The summed E-state index contributed by atoms with van der Waals surface area (Å²) in [4.78, 5) is 28.1. The minimum atomic E-state index is -0.712. The Hall–Kier alpha value is -2.89. The van der Waals surface area contributed by atoms with Gasteiger partial charge < -0.3 is 5.11 Å². The smallest absolute Gasteiger partial charge is 0.300 e. The Morgan fingerprint density at radius 2 is 1.82 bits per heavy atom. The minimum Gasteiger partial charge on any atom is -0.507 e. The van der Waals surface area contributed by atoms with Gasteiger partial charge in [0, 0.05) is 21.2 Å². The number of amides is 1. The third-order valence-electron chi connectivity index (χ3n) is 4.67. The van der Waals surface area contributed by atoms with Crippen LogP contribution in [0.5, 0.6) is 0 Å². The molecule has 0 spiro atoms. The second kappa shape index (κ2) is 7.26. The molecule has 3 aromatic rings. The zero-order valence-electron chi connectivity index (χ0n) is 14.9. The Labute approximate surface area is 171 Å². The normalized spacial score (nSPS) is 18.6. The molecule has 1 saturated heterocycles. The molecule has 0 aliphatic carbocycles. The number of hydrogen-bond acceptors (Lipinski definition) is 4. The average Bonchev–Trinajstić information content (AvgIpc) is 3.30. The van der Waals surface area contributed by atoms with E-state index in [-0.39, 0.29) is 11.3 Å². The lowest BCUT2D eigenvalue weighted by Gasteiger charge is -2.24. The van der Waals surface area contributed by atoms with Gasteiger partial charge in [-0.1, -0.05) is 47.5 Å². The largest absolute Gasteiger partial charge is 0.507 e. The molecule has 1 N–H and O–H groups in total. The van der Waals surface area contributed by atoms with E-state index >= 15 is 0 Å². The summed E-state index contributed by atoms with van der Waals surface area (Å²) in [5.41, 5.74) is 2.12. The maximum Gasteiger partial charge on any atom is 0.300 e. The van der Waals surface area contributed by atoms with Gasteiger partial charge in [-0.05, 0) is 42.6 Å². The Balaban J connectivity index is 1.93. The molecule has 1 aliphatic rings. The van der Waals surface area contributed by atoms with Gasteiger partial charge in [0.05, 0.1) is 5.57 Å². The summed E-state index contributed by atoms with van der Waals surface area (Å²) in [6.07, 6.45) is 0. The third-order valence-corrected chi connectivity index (χ3v) is 5.83. The molecule has 1 aromatic heterocycles.